The Labute approximate surface area is 170 Å². The van der Waals surface area contributed by atoms with E-state index in [1.807, 2.05) is 0 Å². The van der Waals surface area contributed by atoms with Crippen LogP contribution in [0.3, 0.4) is 0 Å². The normalized spacial score (nSPS) is 26.0. The first-order valence-electron chi connectivity index (χ1n) is 11.4. The zero-order valence-corrected chi connectivity index (χ0v) is 17.0. The van der Waals surface area contributed by atoms with E-state index in [4.69, 9.17) is 4.98 Å². The third-order valence-corrected chi connectivity index (χ3v) is 7.39. The predicted molar refractivity (Wildman–Crippen MR) is 106 cm³/mol. The standard InChI is InChI=1S/C22H31F3N4/c23-22(24,25)20-18-19(16-6-3-7-17(16)27-20)29(13-10-14-8-11-26-12-9-14)21(28-18)15-4-1-2-5-15/h14-15,20,26-27H,1-13H2. The second-order valence-electron chi connectivity index (χ2n) is 9.25. The number of nitrogens with one attached hydrogen (secondary N) is 2. The zero-order chi connectivity index (χ0) is 20.0. The van der Waals surface area contributed by atoms with Gasteiger partial charge in [0.05, 0.1) is 11.4 Å². The molecule has 1 aromatic heterocycles. The molecule has 1 saturated carbocycles. The SMILES string of the molecule is FC(F)(F)C1NC2=C(CCC2)c2c1nc(C1CCCC1)n2CCC1CCNCC1. The van der Waals surface area contributed by atoms with E-state index in [1.54, 1.807) is 0 Å². The van der Waals surface area contributed by atoms with E-state index in [0.717, 1.165) is 107 Å². The number of halogens is 3. The van der Waals surface area contributed by atoms with Crippen LogP contribution in [0, 0.1) is 5.92 Å². The molecule has 1 saturated heterocycles. The average Bonchev–Trinajstić information content (AvgIpc) is 3.43. The van der Waals surface area contributed by atoms with Crippen molar-refractivity contribution in [2.24, 2.45) is 5.92 Å². The van der Waals surface area contributed by atoms with E-state index in [-0.39, 0.29) is 5.69 Å². The van der Waals surface area contributed by atoms with Crippen molar-refractivity contribution in [1.82, 2.24) is 20.2 Å². The minimum atomic E-state index is -4.32. The lowest BCUT2D eigenvalue weighted by molar-refractivity contribution is -0.157. The Morgan fingerprint density at radius 1 is 1.00 bits per heavy atom. The molecule has 0 radical (unpaired) electrons. The predicted octanol–water partition coefficient (Wildman–Crippen LogP) is 5.03. The van der Waals surface area contributed by atoms with Gasteiger partial charge in [0.25, 0.3) is 0 Å². The first kappa shape index (κ1) is 19.5. The lowest BCUT2D eigenvalue weighted by Crippen LogP contribution is -2.37. The number of imidazole rings is 1. The van der Waals surface area contributed by atoms with Crippen LogP contribution < -0.4 is 10.6 Å². The maximum Gasteiger partial charge on any atom is 0.414 e. The number of hydrogen-bond acceptors (Lipinski definition) is 3. The Bertz CT molecular complexity index is 783. The van der Waals surface area contributed by atoms with Crippen molar-refractivity contribution in [3.63, 3.8) is 0 Å². The fourth-order valence-corrected chi connectivity index (χ4v) is 5.86. The van der Waals surface area contributed by atoms with Crippen LogP contribution in [0.5, 0.6) is 0 Å². The van der Waals surface area contributed by atoms with Crippen molar-refractivity contribution in [1.29, 1.82) is 0 Å². The number of fused-ring (bicyclic) bond motifs is 2. The van der Waals surface area contributed by atoms with Crippen LogP contribution in [0.4, 0.5) is 13.2 Å². The van der Waals surface area contributed by atoms with Gasteiger partial charge in [-0.25, -0.2) is 4.98 Å². The molecule has 4 nitrogen and oxygen atoms in total. The molecule has 2 fully saturated rings. The van der Waals surface area contributed by atoms with Gasteiger partial charge in [-0.1, -0.05) is 12.8 Å². The molecule has 0 amide bonds. The Morgan fingerprint density at radius 2 is 1.76 bits per heavy atom. The minimum absolute atomic E-state index is 0.241. The zero-order valence-electron chi connectivity index (χ0n) is 17.0. The molecule has 0 aromatic carbocycles. The molecular formula is C22H31F3N4. The van der Waals surface area contributed by atoms with Crippen molar-refractivity contribution in [2.45, 2.75) is 88.9 Å². The second kappa shape index (κ2) is 7.64. The Morgan fingerprint density at radius 3 is 2.48 bits per heavy atom. The van der Waals surface area contributed by atoms with E-state index in [0.29, 0.717) is 11.8 Å². The summed E-state index contributed by atoms with van der Waals surface area (Å²) in [7, 11) is 0. The van der Waals surface area contributed by atoms with Gasteiger partial charge in [0, 0.05) is 18.2 Å². The van der Waals surface area contributed by atoms with E-state index in [2.05, 4.69) is 15.2 Å². The summed E-state index contributed by atoms with van der Waals surface area (Å²) in [5, 5.41) is 6.23. The number of alkyl halides is 3. The third-order valence-electron chi connectivity index (χ3n) is 7.39. The third kappa shape index (κ3) is 3.60. The molecule has 2 aliphatic heterocycles. The minimum Gasteiger partial charge on any atom is -0.372 e. The molecule has 0 spiro atoms. The number of hydrogen-bond donors (Lipinski definition) is 2. The highest BCUT2D eigenvalue weighted by Crippen LogP contribution is 2.47. The van der Waals surface area contributed by atoms with Crippen molar-refractivity contribution < 1.29 is 13.2 Å². The molecule has 29 heavy (non-hydrogen) atoms. The summed E-state index contributed by atoms with van der Waals surface area (Å²) in [6.07, 6.45) is 5.98. The van der Waals surface area contributed by atoms with Gasteiger partial charge in [-0.2, -0.15) is 13.2 Å². The summed E-state index contributed by atoms with van der Waals surface area (Å²) in [6, 6.07) is -1.66. The maximum absolute atomic E-state index is 13.9. The summed E-state index contributed by atoms with van der Waals surface area (Å²) in [5.74, 6) is 1.90. The van der Waals surface area contributed by atoms with Crippen LogP contribution in [0.25, 0.3) is 5.57 Å². The van der Waals surface area contributed by atoms with Crippen LogP contribution in [0.1, 0.15) is 93.4 Å². The van der Waals surface area contributed by atoms with Gasteiger partial charge in [0.15, 0.2) is 6.04 Å². The molecule has 7 heteroatoms. The highest BCUT2D eigenvalue weighted by atomic mass is 19.4. The maximum atomic E-state index is 13.9. The summed E-state index contributed by atoms with van der Waals surface area (Å²) in [5.41, 5.74) is 2.96. The van der Waals surface area contributed by atoms with Crippen molar-refractivity contribution in [3.05, 3.63) is 22.9 Å². The fourth-order valence-electron chi connectivity index (χ4n) is 5.86. The lowest BCUT2D eigenvalue weighted by atomic mass is 9.94. The topological polar surface area (TPSA) is 41.9 Å². The van der Waals surface area contributed by atoms with Crippen molar-refractivity contribution >= 4 is 5.57 Å². The van der Waals surface area contributed by atoms with Gasteiger partial charge in [0.1, 0.15) is 5.82 Å². The van der Waals surface area contributed by atoms with Gasteiger partial charge in [-0.15, -0.1) is 0 Å². The molecule has 0 bridgehead atoms. The van der Waals surface area contributed by atoms with Crippen LogP contribution >= 0.6 is 0 Å². The molecule has 1 unspecified atom stereocenters. The Balaban J connectivity index is 1.55. The first-order valence-corrected chi connectivity index (χ1v) is 11.4. The van der Waals surface area contributed by atoms with E-state index in [1.165, 1.54) is 0 Å². The summed E-state index contributed by atoms with van der Waals surface area (Å²) in [6.45, 7) is 2.91. The molecule has 160 valence electrons. The van der Waals surface area contributed by atoms with Crippen molar-refractivity contribution in [2.75, 3.05) is 13.1 Å². The number of allylic oxidation sites excluding steroid dienone is 2. The smallest absolute Gasteiger partial charge is 0.372 e. The van der Waals surface area contributed by atoms with Gasteiger partial charge in [-0.05, 0) is 75.9 Å². The van der Waals surface area contributed by atoms with E-state index < -0.39 is 12.2 Å². The molecule has 2 N–H and O–H groups in total. The first-order chi connectivity index (χ1) is 14.0. The molecule has 1 aromatic rings. The van der Waals surface area contributed by atoms with Gasteiger partial charge in [0.2, 0.25) is 0 Å². The number of piperidine rings is 1. The fraction of sp³-hybridized carbons (Fsp3) is 0.773. The van der Waals surface area contributed by atoms with Crippen LogP contribution in [0.15, 0.2) is 5.70 Å². The number of rotatable bonds is 4. The van der Waals surface area contributed by atoms with Gasteiger partial charge < -0.3 is 15.2 Å². The quantitative estimate of drug-likeness (QED) is 0.734. The summed E-state index contributed by atoms with van der Waals surface area (Å²) >= 11 is 0. The molecule has 1 atom stereocenters. The average molecular weight is 409 g/mol. The largest absolute Gasteiger partial charge is 0.414 e. The highest BCUT2D eigenvalue weighted by Gasteiger charge is 2.48. The van der Waals surface area contributed by atoms with Crippen LogP contribution in [-0.4, -0.2) is 28.8 Å². The second-order valence-corrected chi connectivity index (χ2v) is 9.25. The van der Waals surface area contributed by atoms with E-state index in [9.17, 15) is 13.2 Å². The van der Waals surface area contributed by atoms with Crippen LogP contribution in [-0.2, 0) is 6.54 Å². The lowest BCUT2D eigenvalue weighted by Gasteiger charge is -2.29. The van der Waals surface area contributed by atoms with Gasteiger partial charge >= 0.3 is 6.18 Å². The molecule has 2 aliphatic carbocycles. The molecule has 3 heterocycles. The molecular weight excluding hydrogens is 377 g/mol. The van der Waals surface area contributed by atoms with Crippen molar-refractivity contribution in [3.8, 4) is 0 Å². The highest BCUT2D eigenvalue weighted by molar-refractivity contribution is 5.72. The molecule has 5 rings (SSSR count). The van der Waals surface area contributed by atoms with Crippen LogP contribution in [0.2, 0.25) is 0 Å². The monoisotopic (exact) mass is 408 g/mol. The summed E-state index contributed by atoms with van der Waals surface area (Å²) < 4.78 is 44.0. The Hall–Kier alpha value is -1.50. The summed E-state index contributed by atoms with van der Waals surface area (Å²) in [4.78, 5) is 4.74. The number of nitrogens with zero attached hydrogens (tertiary/aromatic N) is 2. The Kier molecular flexibility index (Phi) is 5.13. The van der Waals surface area contributed by atoms with E-state index >= 15 is 0 Å². The number of aromatic nitrogens is 2. The molecule has 4 aliphatic rings. The van der Waals surface area contributed by atoms with Gasteiger partial charge in [-0.3, -0.25) is 0 Å².